The molecule has 0 spiro atoms. The van der Waals surface area contributed by atoms with Gasteiger partial charge in [-0.15, -0.1) is 4.40 Å². The van der Waals surface area contributed by atoms with Crippen molar-refractivity contribution in [1.82, 2.24) is 24.4 Å². The molecular formula is C28H30FN7O3S. The lowest BCUT2D eigenvalue weighted by Gasteiger charge is -2.32. The zero-order chi connectivity index (χ0) is 28.4. The van der Waals surface area contributed by atoms with Gasteiger partial charge in [0.2, 0.25) is 0 Å². The molecule has 1 N–H and O–H groups in total. The first-order valence-electron chi connectivity index (χ1n) is 12.8. The molecule has 4 aromatic rings. The minimum atomic E-state index is -4.12. The fraction of sp³-hybridized carbons (Fsp3) is 0.286. The second kappa shape index (κ2) is 11.0. The number of amides is 1. The van der Waals surface area contributed by atoms with E-state index in [-0.39, 0.29) is 27.8 Å². The van der Waals surface area contributed by atoms with E-state index in [9.17, 15) is 17.6 Å². The molecule has 0 radical (unpaired) electrons. The maximum absolute atomic E-state index is 13.8. The predicted molar refractivity (Wildman–Crippen MR) is 151 cm³/mol. The van der Waals surface area contributed by atoms with Crippen molar-refractivity contribution in [3.63, 3.8) is 0 Å². The van der Waals surface area contributed by atoms with Gasteiger partial charge in [-0.05, 0) is 55.0 Å². The number of sulfonamides is 1. The summed E-state index contributed by atoms with van der Waals surface area (Å²) in [5.74, 6) is -0.0553. The first-order valence-corrected chi connectivity index (χ1v) is 14.3. The third kappa shape index (κ3) is 5.53. The molecule has 5 rings (SSSR count). The van der Waals surface area contributed by atoms with Crippen LogP contribution in [-0.4, -0.2) is 72.2 Å². The van der Waals surface area contributed by atoms with Crippen LogP contribution < -0.4 is 5.32 Å². The van der Waals surface area contributed by atoms with E-state index in [1.807, 2.05) is 18.2 Å². The minimum Gasteiger partial charge on any atom is -0.368 e. The van der Waals surface area contributed by atoms with Crippen LogP contribution in [0.4, 0.5) is 15.9 Å². The Morgan fingerprint density at radius 2 is 1.85 bits per heavy atom. The Morgan fingerprint density at radius 3 is 2.52 bits per heavy atom. The van der Waals surface area contributed by atoms with Gasteiger partial charge in [-0.25, -0.2) is 9.37 Å². The highest BCUT2D eigenvalue weighted by Crippen LogP contribution is 2.31. The number of aryl methyl sites for hydroxylation is 1. The summed E-state index contributed by atoms with van der Waals surface area (Å²) in [6.07, 6.45) is 5.33. The number of carbonyl (C=O) groups is 1. The topological polar surface area (TPSA) is 112 Å². The molecule has 3 heterocycles. The van der Waals surface area contributed by atoms with E-state index < -0.39 is 15.8 Å². The number of likely N-dealkylation sites (tertiary alicyclic amines) is 1. The van der Waals surface area contributed by atoms with Gasteiger partial charge in [0.1, 0.15) is 23.5 Å². The van der Waals surface area contributed by atoms with Crippen molar-refractivity contribution in [2.24, 2.45) is 4.40 Å². The molecule has 208 valence electrons. The highest BCUT2D eigenvalue weighted by atomic mass is 32.2. The fourth-order valence-corrected chi connectivity index (χ4v) is 5.76. The first kappa shape index (κ1) is 27.3. The molecule has 1 amide bonds. The van der Waals surface area contributed by atoms with Gasteiger partial charge in [-0.3, -0.25) is 4.79 Å². The molecule has 40 heavy (non-hydrogen) atoms. The Hall–Kier alpha value is -4.32. The average molecular weight is 564 g/mol. The molecule has 2 aromatic heterocycles. The number of piperidine rings is 1. The van der Waals surface area contributed by atoms with Crippen molar-refractivity contribution in [1.29, 1.82) is 0 Å². The van der Waals surface area contributed by atoms with Crippen molar-refractivity contribution in [2.45, 2.75) is 30.6 Å². The Labute approximate surface area is 232 Å². The number of hydrogen-bond donors (Lipinski definition) is 1. The number of rotatable bonds is 7. The summed E-state index contributed by atoms with van der Waals surface area (Å²) in [6, 6.07) is 14.5. The molecular weight excluding hydrogens is 533 g/mol. The van der Waals surface area contributed by atoms with Crippen LogP contribution >= 0.6 is 0 Å². The molecule has 1 aliphatic rings. The van der Waals surface area contributed by atoms with Gasteiger partial charge in [0.25, 0.3) is 15.9 Å². The highest BCUT2D eigenvalue weighted by Gasteiger charge is 2.29. The Balaban J connectivity index is 1.53. The molecule has 12 heteroatoms. The monoisotopic (exact) mass is 563 g/mol. The molecule has 0 saturated carbocycles. The fourth-order valence-electron chi connectivity index (χ4n) is 4.79. The van der Waals surface area contributed by atoms with Crippen molar-refractivity contribution in [3.8, 4) is 0 Å². The van der Waals surface area contributed by atoms with Crippen LogP contribution in [0.5, 0.6) is 0 Å². The highest BCUT2D eigenvalue weighted by molar-refractivity contribution is 7.90. The van der Waals surface area contributed by atoms with E-state index in [0.717, 1.165) is 19.0 Å². The molecule has 0 atom stereocenters. The van der Waals surface area contributed by atoms with E-state index >= 15 is 0 Å². The summed E-state index contributed by atoms with van der Waals surface area (Å²) < 4.78 is 44.6. The molecule has 0 aliphatic carbocycles. The summed E-state index contributed by atoms with van der Waals surface area (Å²) >= 11 is 0. The number of aromatic nitrogens is 3. The average Bonchev–Trinajstić information content (AvgIpc) is 3.39. The number of carbonyl (C=O) groups excluding carboxylic acids is 1. The normalized spacial score (nSPS) is 14.7. The SMILES string of the molecule is Cc1cc(F)ccc1Nc1c(C(=O)N2CCC(c3ccccc3)CC2)cnc2c(S(=O)(=O)N=CN(C)C)cnn12. The van der Waals surface area contributed by atoms with Crippen molar-refractivity contribution < 1.29 is 17.6 Å². The Morgan fingerprint density at radius 1 is 1.12 bits per heavy atom. The third-order valence-corrected chi connectivity index (χ3v) is 8.13. The van der Waals surface area contributed by atoms with Crippen molar-refractivity contribution in [2.75, 3.05) is 32.5 Å². The number of nitrogens with zero attached hydrogens (tertiary/aromatic N) is 6. The van der Waals surface area contributed by atoms with Crippen LogP contribution in [0.1, 0.15) is 40.2 Å². The quantitative estimate of drug-likeness (QED) is 0.265. The molecule has 1 fully saturated rings. The Bertz CT molecular complexity index is 1680. The molecule has 2 aromatic carbocycles. The predicted octanol–water partition coefficient (Wildman–Crippen LogP) is 4.22. The lowest BCUT2D eigenvalue weighted by Crippen LogP contribution is -2.38. The molecule has 0 unspecified atom stereocenters. The van der Waals surface area contributed by atoms with Gasteiger partial charge in [0.05, 0.1) is 6.20 Å². The molecule has 0 bridgehead atoms. The van der Waals surface area contributed by atoms with Gasteiger partial charge >= 0.3 is 0 Å². The van der Waals surface area contributed by atoms with Crippen LogP contribution in [0, 0.1) is 12.7 Å². The molecule has 1 saturated heterocycles. The Kier molecular flexibility index (Phi) is 7.53. The zero-order valence-corrected chi connectivity index (χ0v) is 23.3. The second-order valence-corrected chi connectivity index (χ2v) is 11.6. The van der Waals surface area contributed by atoms with E-state index in [1.54, 1.807) is 32.0 Å². The lowest BCUT2D eigenvalue weighted by molar-refractivity contribution is 0.0713. The maximum Gasteiger partial charge on any atom is 0.289 e. The lowest BCUT2D eigenvalue weighted by atomic mass is 9.89. The summed E-state index contributed by atoms with van der Waals surface area (Å²) in [7, 11) is -0.811. The zero-order valence-electron chi connectivity index (χ0n) is 22.5. The molecule has 1 aliphatic heterocycles. The summed E-state index contributed by atoms with van der Waals surface area (Å²) in [6.45, 7) is 2.85. The van der Waals surface area contributed by atoms with Crippen LogP contribution in [0.15, 0.2) is 70.2 Å². The summed E-state index contributed by atoms with van der Waals surface area (Å²) in [5.41, 5.74) is 2.63. The number of nitrogens with one attached hydrogen (secondary N) is 1. The minimum absolute atomic E-state index is 0.0116. The van der Waals surface area contributed by atoms with E-state index in [2.05, 4.69) is 31.9 Å². The van der Waals surface area contributed by atoms with Crippen LogP contribution in [0.3, 0.4) is 0 Å². The number of hydrogen-bond acceptors (Lipinski definition) is 6. The van der Waals surface area contributed by atoms with Crippen LogP contribution in [0.2, 0.25) is 0 Å². The second-order valence-electron chi connectivity index (χ2n) is 9.99. The number of halogens is 1. The number of fused-ring (bicyclic) bond motifs is 1. The van der Waals surface area contributed by atoms with Gasteiger partial charge in [-0.2, -0.15) is 18.0 Å². The van der Waals surface area contributed by atoms with Crippen molar-refractivity contribution in [3.05, 3.63) is 83.4 Å². The summed E-state index contributed by atoms with van der Waals surface area (Å²) in [5, 5.41) is 7.46. The van der Waals surface area contributed by atoms with Crippen molar-refractivity contribution >= 4 is 39.4 Å². The van der Waals surface area contributed by atoms with E-state index in [1.165, 1.54) is 39.6 Å². The first-order chi connectivity index (χ1) is 19.1. The van der Waals surface area contributed by atoms with Gasteiger partial charge in [-0.1, -0.05) is 30.3 Å². The maximum atomic E-state index is 13.8. The van der Waals surface area contributed by atoms with Crippen LogP contribution in [-0.2, 0) is 10.0 Å². The van der Waals surface area contributed by atoms with Crippen LogP contribution in [0.25, 0.3) is 5.65 Å². The summed E-state index contributed by atoms with van der Waals surface area (Å²) in [4.78, 5) is 21.2. The van der Waals surface area contributed by atoms with Gasteiger partial charge < -0.3 is 15.1 Å². The smallest absolute Gasteiger partial charge is 0.289 e. The van der Waals surface area contributed by atoms with Gasteiger partial charge in [0.15, 0.2) is 10.5 Å². The van der Waals surface area contributed by atoms with Gasteiger partial charge in [0, 0.05) is 39.1 Å². The largest absolute Gasteiger partial charge is 0.368 e. The third-order valence-electron chi connectivity index (χ3n) is 6.91. The van der Waals surface area contributed by atoms with E-state index in [4.69, 9.17) is 0 Å². The molecule has 10 nitrogen and oxygen atoms in total. The number of benzene rings is 2. The number of anilines is 2. The standard InChI is InChI=1S/C28H30FN7O3S/c1-19-15-22(29)9-10-24(19)33-26-23(28(37)35-13-11-21(12-14-35)20-7-5-4-6-8-20)16-30-27-25(17-31-36(26)27)40(38,39)32-18-34(2)3/h4-10,15-18,21,33H,11-14H2,1-3H3. The van der Waals surface area contributed by atoms with E-state index in [0.29, 0.717) is 30.3 Å².